The first-order chi connectivity index (χ1) is 14.4. The molecule has 0 heterocycles. The normalized spacial score (nSPS) is 11.7. The first-order valence-electron chi connectivity index (χ1n) is 10.0. The summed E-state index contributed by atoms with van der Waals surface area (Å²) < 4.78 is 0. The van der Waals surface area contributed by atoms with Crippen LogP contribution in [0.2, 0.25) is 10.0 Å². The van der Waals surface area contributed by atoms with Crippen LogP contribution < -0.4 is 5.32 Å². The molecule has 0 bridgehead atoms. The fourth-order valence-electron chi connectivity index (χ4n) is 2.89. The van der Waals surface area contributed by atoms with E-state index in [-0.39, 0.29) is 17.6 Å². The number of hydrogen-bond acceptors (Lipinski definition) is 3. The number of amides is 2. The third-order valence-corrected chi connectivity index (χ3v) is 6.27. The van der Waals surface area contributed by atoms with Gasteiger partial charge >= 0.3 is 0 Å². The monoisotopic (exact) mass is 466 g/mol. The zero-order chi connectivity index (χ0) is 21.9. The van der Waals surface area contributed by atoms with Crippen LogP contribution in [0, 0.1) is 0 Å². The van der Waals surface area contributed by atoms with Crippen molar-refractivity contribution in [3.8, 4) is 0 Å². The van der Waals surface area contributed by atoms with Crippen molar-refractivity contribution in [2.45, 2.75) is 45.0 Å². The molecule has 0 saturated heterocycles. The van der Waals surface area contributed by atoms with Crippen LogP contribution in [-0.2, 0) is 21.9 Å². The van der Waals surface area contributed by atoms with Gasteiger partial charge in [0.1, 0.15) is 6.04 Å². The number of rotatable bonds is 11. The SMILES string of the molecule is CCCCNC(=O)C(C)N(Cc1ccccc1Cl)C(=O)CSCc1cccc(Cl)c1. The fourth-order valence-corrected chi connectivity index (χ4v) is 4.16. The van der Waals surface area contributed by atoms with Gasteiger partial charge in [-0.3, -0.25) is 9.59 Å². The molecule has 162 valence electrons. The molecule has 4 nitrogen and oxygen atoms in total. The molecule has 7 heteroatoms. The Morgan fingerprint density at radius 2 is 1.90 bits per heavy atom. The zero-order valence-electron chi connectivity index (χ0n) is 17.4. The van der Waals surface area contributed by atoms with Gasteiger partial charge in [0.05, 0.1) is 5.75 Å². The van der Waals surface area contributed by atoms with Crippen molar-refractivity contribution < 1.29 is 9.59 Å². The lowest BCUT2D eigenvalue weighted by Crippen LogP contribution is -2.48. The van der Waals surface area contributed by atoms with Crippen molar-refractivity contribution in [1.29, 1.82) is 0 Å². The van der Waals surface area contributed by atoms with Crippen molar-refractivity contribution >= 4 is 46.8 Å². The van der Waals surface area contributed by atoms with Crippen LogP contribution >= 0.6 is 35.0 Å². The van der Waals surface area contributed by atoms with Gasteiger partial charge in [0.25, 0.3) is 0 Å². The van der Waals surface area contributed by atoms with Crippen molar-refractivity contribution in [2.75, 3.05) is 12.3 Å². The molecule has 2 aromatic rings. The van der Waals surface area contributed by atoms with Gasteiger partial charge in [0, 0.05) is 28.9 Å². The lowest BCUT2D eigenvalue weighted by Gasteiger charge is -2.29. The van der Waals surface area contributed by atoms with Crippen LogP contribution in [-0.4, -0.2) is 35.1 Å². The molecule has 30 heavy (non-hydrogen) atoms. The number of carbonyl (C=O) groups is 2. The summed E-state index contributed by atoms with van der Waals surface area (Å²) in [5.41, 5.74) is 1.88. The van der Waals surface area contributed by atoms with Crippen LogP contribution in [0.3, 0.4) is 0 Å². The molecule has 1 unspecified atom stereocenters. The topological polar surface area (TPSA) is 49.4 Å². The molecule has 1 atom stereocenters. The summed E-state index contributed by atoms with van der Waals surface area (Å²) in [7, 11) is 0. The first-order valence-corrected chi connectivity index (χ1v) is 12.0. The second-order valence-electron chi connectivity index (χ2n) is 7.06. The highest BCUT2D eigenvalue weighted by Gasteiger charge is 2.26. The Labute approximate surface area is 193 Å². The van der Waals surface area contributed by atoms with Gasteiger partial charge in [0.15, 0.2) is 0 Å². The Hall–Kier alpha value is -1.69. The molecular weight excluding hydrogens is 439 g/mol. The Balaban J connectivity index is 2.05. The number of thioether (sulfide) groups is 1. The second-order valence-corrected chi connectivity index (χ2v) is 8.89. The molecule has 0 aromatic heterocycles. The maximum absolute atomic E-state index is 13.0. The van der Waals surface area contributed by atoms with Gasteiger partial charge in [-0.2, -0.15) is 0 Å². The molecule has 0 saturated carbocycles. The summed E-state index contributed by atoms with van der Waals surface area (Å²) in [6.07, 6.45) is 1.91. The Morgan fingerprint density at radius 3 is 2.60 bits per heavy atom. The van der Waals surface area contributed by atoms with E-state index in [0.29, 0.717) is 28.9 Å². The number of halogens is 2. The zero-order valence-corrected chi connectivity index (χ0v) is 19.7. The van der Waals surface area contributed by atoms with Gasteiger partial charge in [-0.15, -0.1) is 11.8 Å². The van der Waals surface area contributed by atoms with Gasteiger partial charge in [-0.1, -0.05) is 66.9 Å². The average molecular weight is 467 g/mol. The van der Waals surface area contributed by atoms with Crippen molar-refractivity contribution in [1.82, 2.24) is 10.2 Å². The van der Waals surface area contributed by atoms with Gasteiger partial charge in [-0.25, -0.2) is 0 Å². The fraction of sp³-hybridized carbons (Fsp3) is 0.391. The van der Waals surface area contributed by atoms with E-state index in [4.69, 9.17) is 23.2 Å². The molecule has 0 aliphatic carbocycles. The van der Waals surface area contributed by atoms with Gasteiger partial charge < -0.3 is 10.2 Å². The summed E-state index contributed by atoms with van der Waals surface area (Å²) in [5, 5.41) is 4.18. The summed E-state index contributed by atoms with van der Waals surface area (Å²) in [4.78, 5) is 27.3. The largest absolute Gasteiger partial charge is 0.354 e. The van der Waals surface area contributed by atoms with E-state index in [1.165, 1.54) is 11.8 Å². The van der Waals surface area contributed by atoms with Crippen molar-refractivity contribution in [2.24, 2.45) is 0 Å². The summed E-state index contributed by atoms with van der Waals surface area (Å²) in [5.74, 6) is 0.691. The third-order valence-electron chi connectivity index (χ3n) is 4.68. The average Bonchev–Trinajstić information content (AvgIpc) is 2.72. The van der Waals surface area contributed by atoms with Crippen LogP contribution in [0.15, 0.2) is 48.5 Å². The predicted octanol–water partition coefficient (Wildman–Crippen LogP) is 5.56. The van der Waals surface area contributed by atoms with Gasteiger partial charge in [0.2, 0.25) is 11.8 Å². The third kappa shape index (κ3) is 7.86. The molecule has 2 rings (SSSR count). The minimum absolute atomic E-state index is 0.0971. The number of hydrogen-bond donors (Lipinski definition) is 1. The van der Waals surface area contributed by atoms with Gasteiger partial charge in [-0.05, 0) is 42.7 Å². The highest BCUT2D eigenvalue weighted by molar-refractivity contribution is 7.99. The number of carbonyl (C=O) groups excluding carboxylic acids is 2. The lowest BCUT2D eigenvalue weighted by atomic mass is 10.1. The van der Waals surface area contributed by atoms with E-state index in [1.54, 1.807) is 17.9 Å². The summed E-state index contributed by atoms with van der Waals surface area (Å²) in [6, 6.07) is 14.4. The summed E-state index contributed by atoms with van der Waals surface area (Å²) >= 11 is 13.8. The number of nitrogens with zero attached hydrogens (tertiary/aromatic N) is 1. The molecule has 0 radical (unpaired) electrons. The molecular formula is C23H28Cl2N2O2S. The van der Waals surface area contributed by atoms with Crippen LogP contribution in [0.5, 0.6) is 0 Å². The van der Waals surface area contributed by atoms with E-state index in [0.717, 1.165) is 24.0 Å². The number of nitrogens with one attached hydrogen (secondary N) is 1. The molecule has 1 N–H and O–H groups in total. The standard InChI is InChI=1S/C23H28Cl2N2O2S/c1-3-4-12-26-23(29)17(2)27(14-19-9-5-6-11-21(19)25)22(28)16-30-15-18-8-7-10-20(24)13-18/h5-11,13,17H,3-4,12,14-16H2,1-2H3,(H,26,29). The number of benzene rings is 2. The highest BCUT2D eigenvalue weighted by atomic mass is 35.5. The van der Waals surface area contributed by atoms with E-state index >= 15 is 0 Å². The predicted molar refractivity (Wildman–Crippen MR) is 127 cm³/mol. The van der Waals surface area contributed by atoms with Crippen molar-refractivity contribution in [3.05, 3.63) is 69.7 Å². The minimum atomic E-state index is -0.586. The quantitative estimate of drug-likeness (QED) is 0.440. The molecule has 0 spiro atoms. The van der Waals surface area contributed by atoms with Crippen LogP contribution in [0.25, 0.3) is 0 Å². The molecule has 2 amide bonds. The van der Waals surface area contributed by atoms with E-state index in [2.05, 4.69) is 12.2 Å². The maximum atomic E-state index is 13.0. The smallest absolute Gasteiger partial charge is 0.242 e. The Kier molecular flexibility index (Phi) is 10.6. The van der Waals surface area contributed by atoms with Crippen LogP contribution in [0.1, 0.15) is 37.8 Å². The van der Waals surface area contributed by atoms with E-state index in [1.807, 2.05) is 42.5 Å². The highest BCUT2D eigenvalue weighted by Crippen LogP contribution is 2.21. The molecule has 0 aliphatic heterocycles. The summed E-state index contributed by atoms with van der Waals surface area (Å²) in [6.45, 7) is 4.73. The molecule has 0 fully saturated rings. The maximum Gasteiger partial charge on any atom is 0.242 e. The van der Waals surface area contributed by atoms with E-state index < -0.39 is 6.04 Å². The molecule has 2 aromatic carbocycles. The molecule has 0 aliphatic rings. The second kappa shape index (κ2) is 12.9. The Bertz CT molecular complexity index is 847. The lowest BCUT2D eigenvalue weighted by molar-refractivity contribution is -0.138. The van der Waals surface area contributed by atoms with Crippen molar-refractivity contribution in [3.63, 3.8) is 0 Å². The van der Waals surface area contributed by atoms with Crippen LogP contribution in [0.4, 0.5) is 0 Å². The first kappa shape index (κ1) is 24.6. The van der Waals surface area contributed by atoms with E-state index in [9.17, 15) is 9.59 Å². The minimum Gasteiger partial charge on any atom is -0.354 e. The Morgan fingerprint density at radius 1 is 1.13 bits per heavy atom. The number of unbranched alkanes of at least 4 members (excludes halogenated alkanes) is 1.